The quantitative estimate of drug-likeness (QED) is 0.743. The molecule has 0 unspecified atom stereocenters. The van der Waals surface area contributed by atoms with Crippen LogP contribution < -0.4 is 0 Å². The Morgan fingerprint density at radius 1 is 1.22 bits per heavy atom. The summed E-state index contributed by atoms with van der Waals surface area (Å²) >= 11 is 0. The van der Waals surface area contributed by atoms with Gasteiger partial charge in [-0.15, -0.1) is 0 Å². The van der Waals surface area contributed by atoms with E-state index in [1.807, 2.05) is 20.8 Å². The molecule has 0 aromatic rings. The number of carbonyl (C=O) groups is 2. The molecule has 0 aromatic heterocycles. The molecule has 3 rings (SSSR count). The lowest BCUT2D eigenvalue weighted by atomic mass is 9.97. The Morgan fingerprint density at radius 3 is 2.61 bits per heavy atom. The molecule has 2 saturated heterocycles. The zero-order valence-electron chi connectivity index (χ0n) is 14.1. The van der Waals surface area contributed by atoms with Crippen molar-refractivity contribution in [3.05, 3.63) is 0 Å². The highest BCUT2D eigenvalue weighted by atomic mass is 16.6. The molecule has 3 aliphatic rings. The van der Waals surface area contributed by atoms with Gasteiger partial charge in [-0.3, -0.25) is 9.69 Å². The number of likely N-dealkylation sites (tertiary alicyclic amines) is 2. The summed E-state index contributed by atoms with van der Waals surface area (Å²) < 4.78 is 5.52. The third-order valence-electron chi connectivity index (χ3n) is 5.13. The fraction of sp³-hybridized carbons (Fsp3) is 0.824. The lowest BCUT2D eigenvalue weighted by molar-refractivity contribution is -0.138. The van der Waals surface area contributed by atoms with E-state index in [2.05, 4.69) is 6.07 Å². The molecule has 2 heterocycles. The van der Waals surface area contributed by atoms with E-state index in [4.69, 9.17) is 4.74 Å². The number of piperidine rings is 1. The number of nitrogens with zero attached hydrogens (tertiary/aromatic N) is 3. The van der Waals surface area contributed by atoms with Gasteiger partial charge in [0, 0.05) is 12.6 Å². The Kier molecular flexibility index (Phi) is 3.99. The zero-order chi connectivity index (χ0) is 16.8. The maximum atomic E-state index is 13.0. The highest BCUT2D eigenvalue weighted by molar-refractivity contribution is 5.88. The van der Waals surface area contributed by atoms with Crippen LogP contribution in [0.5, 0.6) is 0 Å². The van der Waals surface area contributed by atoms with E-state index < -0.39 is 17.7 Å². The van der Waals surface area contributed by atoms with Crippen LogP contribution in [0.1, 0.15) is 52.9 Å². The number of amides is 2. The summed E-state index contributed by atoms with van der Waals surface area (Å²) in [5.74, 6) is 0.145. The maximum Gasteiger partial charge on any atom is 0.411 e. The van der Waals surface area contributed by atoms with Crippen LogP contribution in [-0.4, -0.2) is 52.1 Å². The fourth-order valence-corrected chi connectivity index (χ4v) is 4.22. The maximum absolute atomic E-state index is 13.0. The second kappa shape index (κ2) is 5.70. The average Bonchev–Trinajstić information content (AvgIpc) is 3.18. The number of hydrogen-bond acceptors (Lipinski definition) is 4. The van der Waals surface area contributed by atoms with Crippen molar-refractivity contribution in [2.45, 2.75) is 76.6 Å². The Morgan fingerprint density at radius 2 is 1.96 bits per heavy atom. The molecule has 0 aromatic carbocycles. The van der Waals surface area contributed by atoms with Crippen molar-refractivity contribution >= 4 is 12.0 Å². The predicted octanol–water partition coefficient (Wildman–Crippen LogP) is 2.29. The second-order valence-corrected chi connectivity index (χ2v) is 7.88. The van der Waals surface area contributed by atoms with Crippen LogP contribution in [0.2, 0.25) is 0 Å². The first-order chi connectivity index (χ1) is 10.8. The summed E-state index contributed by atoms with van der Waals surface area (Å²) in [6.07, 6.45) is 3.99. The van der Waals surface area contributed by atoms with Crippen molar-refractivity contribution in [1.29, 1.82) is 5.26 Å². The molecule has 6 heteroatoms. The first-order valence-electron chi connectivity index (χ1n) is 8.53. The summed E-state index contributed by atoms with van der Waals surface area (Å²) in [6, 6.07) is 1.53. The molecule has 4 atom stereocenters. The molecular weight excluding hydrogens is 294 g/mol. The summed E-state index contributed by atoms with van der Waals surface area (Å²) in [6.45, 7) is 6.12. The number of ether oxygens (including phenoxy) is 1. The van der Waals surface area contributed by atoms with Crippen LogP contribution in [0.4, 0.5) is 4.79 Å². The molecule has 1 saturated carbocycles. The standard InChI is InChI=1S/C17H25N3O3/c1-17(2,3)23-16(22)20-12-7-6-11(9-12)14(20)15(21)19-8-4-5-13(19)10-18/h11-14H,4-9H2,1-3H3/t11-,12+,13+,14+/m1/s1. The van der Waals surface area contributed by atoms with Crippen LogP contribution in [0.25, 0.3) is 0 Å². The van der Waals surface area contributed by atoms with Gasteiger partial charge in [-0.25, -0.2) is 4.79 Å². The smallest absolute Gasteiger partial charge is 0.411 e. The van der Waals surface area contributed by atoms with Crippen molar-refractivity contribution in [3.63, 3.8) is 0 Å². The molecule has 1 aliphatic carbocycles. The van der Waals surface area contributed by atoms with Crippen molar-refractivity contribution in [1.82, 2.24) is 9.80 Å². The minimum atomic E-state index is -0.574. The monoisotopic (exact) mass is 319 g/mol. The topological polar surface area (TPSA) is 73.6 Å². The van der Waals surface area contributed by atoms with E-state index >= 15 is 0 Å². The lowest BCUT2D eigenvalue weighted by Gasteiger charge is -2.37. The predicted molar refractivity (Wildman–Crippen MR) is 83.3 cm³/mol. The molecule has 6 nitrogen and oxygen atoms in total. The number of nitriles is 1. The van der Waals surface area contributed by atoms with Gasteiger partial charge in [-0.2, -0.15) is 5.26 Å². The van der Waals surface area contributed by atoms with Gasteiger partial charge in [-0.1, -0.05) is 0 Å². The lowest BCUT2D eigenvalue weighted by Crippen LogP contribution is -2.55. The summed E-state index contributed by atoms with van der Waals surface area (Å²) in [7, 11) is 0. The van der Waals surface area contributed by atoms with Gasteiger partial charge in [0.2, 0.25) is 5.91 Å². The molecule has 3 fully saturated rings. The molecule has 0 N–H and O–H groups in total. The van der Waals surface area contributed by atoms with Crippen molar-refractivity contribution < 1.29 is 14.3 Å². The molecular formula is C17H25N3O3. The van der Waals surface area contributed by atoms with Crippen molar-refractivity contribution in [2.24, 2.45) is 5.92 Å². The third kappa shape index (κ3) is 2.89. The van der Waals surface area contributed by atoms with Gasteiger partial charge < -0.3 is 9.64 Å². The zero-order valence-corrected chi connectivity index (χ0v) is 14.1. The molecule has 2 aliphatic heterocycles. The van der Waals surface area contributed by atoms with E-state index in [0.717, 1.165) is 32.1 Å². The highest BCUT2D eigenvalue weighted by Crippen LogP contribution is 2.44. The molecule has 0 radical (unpaired) electrons. The minimum Gasteiger partial charge on any atom is -0.444 e. The SMILES string of the molecule is CC(C)(C)OC(=O)N1[C@H]2CC[C@H](C2)[C@H]1C(=O)N1CCC[C@H]1C#N. The Labute approximate surface area is 137 Å². The third-order valence-corrected chi connectivity index (χ3v) is 5.13. The largest absolute Gasteiger partial charge is 0.444 e. The van der Waals surface area contributed by atoms with Gasteiger partial charge >= 0.3 is 6.09 Å². The van der Waals surface area contributed by atoms with Crippen LogP contribution in [0, 0.1) is 17.2 Å². The number of carbonyl (C=O) groups excluding carboxylic acids is 2. The van der Waals surface area contributed by atoms with Gasteiger partial charge in [0.15, 0.2) is 0 Å². The molecule has 2 bridgehead atoms. The molecule has 0 spiro atoms. The average molecular weight is 319 g/mol. The van der Waals surface area contributed by atoms with Gasteiger partial charge in [0.1, 0.15) is 17.7 Å². The van der Waals surface area contributed by atoms with Gasteiger partial charge in [-0.05, 0) is 58.8 Å². The summed E-state index contributed by atoms with van der Waals surface area (Å²) in [5, 5.41) is 9.24. The molecule has 23 heavy (non-hydrogen) atoms. The normalized spacial score (nSPS) is 33.0. The van der Waals surface area contributed by atoms with E-state index in [0.29, 0.717) is 6.54 Å². The summed E-state index contributed by atoms with van der Waals surface area (Å²) in [4.78, 5) is 28.9. The number of rotatable bonds is 1. The van der Waals surface area contributed by atoms with Gasteiger partial charge in [0.25, 0.3) is 0 Å². The Hall–Kier alpha value is -1.77. The first-order valence-corrected chi connectivity index (χ1v) is 8.53. The van der Waals surface area contributed by atoms with Crippen LogP contribution in [0.3, 0.4) is 0 Å². The highest BCUT2D eigenvalue weighted by Gasteiger charge is 2.54. The first kappa shape index (κ1) is 16.1. The van der Waals surface area contributed by atoms with Crippen LogP contribution >= 0.6 is 0 Å². The van der Waals surface area contributed by atoms with E-state index in [9.17, 15) is 14.9 Å². The van der Waals surface area contributed by atoms with E-state index in [-0.39, 0.29) is 23.9 Å². The van der Waals surface area contributed by atoms with E-state index in [1.54, 1.807) is 9.80 Å². The fourth-order valence-electron chi connectivity index (χ4n) is 4.22. The number of hydrogen-bond donors (Lipinski definition) is 0. The van der Waals surface area contributed by atoms with E-state index in [1.165, 1.54) is 0 Å². The van der Waals surface area contributed by atoms with Crippen molar-refractivity contribution in [2.75, 3.05) is 6.54 Å². The van der Waals surface area contributed by atoms with Crippen LogP contribution in [0.15, 0.2) is 0 Å². The Bertz CT molecular complexity index is 548. The summed E-state index contributed by atoms with van der Waals surface area (Å²) in [5.41, 5.74) is -0.574. The second-order valence-electron chi connectivity index (χ2n) is 7.88. The van der Waals surface area contributed by atoms with Crippen molar-refractivity contribution in [3.8, 4) is 6.07 Å². The van der Waals surface area contributed by atoms with Gasteiger partial charge in [0.05, 0.1) is 6.07 Å². The molecule has 126 valence electrons. The number of fused-ring (bicyclic) bond motifs is 2. The Balaban J connectivity index is 1.80. The molecule has 2 amide bonds. The van der Waals surface area contributed by atoms with Crippen LogP contribution in [-0.2, 0) is 9.53 Å². The minimum absolute atomic E-state index is 0.0629.